The van der Waals surface area contributed by atoms with Crippen molar-refractivity contribution in [3.63, 3.8) is 0 Å². The largest absolute Gasteiger partial charge is 0.350 e. The molecule has 3 heterocycles. The van der Waals surface area contributed by atoms with Crippen molar-refractivity contribution in [3.05, 3.63) is 69.3 Å². The molecule has 0 bridgehead atoms. The average molecular weight is 488 g/mol. The molecule has 0 aliphatic carbocycles. The first-order chi connectivity index (χ1) is 15.6. The van der Waals surface area contributed by atoms with Crippen molar-refractivity contribution in [1.82, 2.24) is 24.8 Å². The van der Waals surface area contributed by atoms with Crippen LogP contribution in [-0.4, -0.2) is 32.6 Å². The first kappa shape index (κ1) is 21.5. The Bertz CT molecular complexity index is 1230. The summed E-state index contributed by atoms with van der Waals surface area (Å²) in [6, 6.07) is 13.2. The Morgan fingerprint density at radius 2 is 1.81 bits per heavy atom. The molecule has 1 fully saturated rings. The van der Waals surface area contributed by atoms with Crippen LogP contribution in [0.25, 0.3) is 22.6 Å². The molecule has 1 unspecified atom stereocenters. The zero-order valence-corrected chi connectivity index (χ0v) is 19.4. The zero-order chi connectivity index (χ0) is 22.1. The molecule has 9 heteroatoms. The molecule has 2 aromatic carbocycles. The molecule has 4 aromatic rings. The number of nitrogens with zero attached hydrogens (tertiary/aromatic N) is 4. The maximum atomic E-state index is 6.53. The van der Waals surface area contributed by atoms with Gasteiger partial charge in [-0.3, -0.25) is 0 Å². The highest BCUT2D eigenvalue weighted by molar-refractivity contribution is 6.39. The van der Waals surface area contributed by atoms with Crippen molar-refractivity contribution >= 4 is 51.9 Å². The van der Waals surface area contributed by atoms with Gasteiger partial charge in [-0.25, -0.2) is 9.97 Å². The second-order valence-electron chi connectivity index (χ2n) is 7.88. The summed E-state index contributed by atoms with van der Waals surface area (Å²) >= 11 is 19.0. The van der Waals surface area contributed by atoms with Gasteiger partial charge >= 0.3 is 0 Å². The van der Waals surface area contributed by atoms with Gasteiger partial charge in [-0.15, -0.1) is 0 Å². The van der Waals surface area contributed by atoms with E-state index in [1.54, 1.807) is 6.20 Å². The van der Waals surface area contributed by atoms with E-state index in [2.05, 4.69) is 20.2 Å². The third kappa shape index (κ3) is 4.41. The summed E-state index contributed by atoms with van der Waals surface area (Å²) in [6.45, 7) is 3.34. The van der Waals surface area contributed by atoms with E-state index in [1.807, 2.05) is 42.5 Å². The van der Waals surface area contributed by atoms with Gasteiger partial charge in [0.25, 0.3) is 0 Å². The van der Waals surface area contributed by atoms with Gasteiger partial charge in [0.05, 0.1) is 21.8 Å². The molecular weight excluding hydrogens is 467 g/mol. The third-order valence-corrected chi connectivity index (χ3v) is 6.52. The number of aromatic nitrogens is 4. The highest BCUT2D eigenvalue weighted by Gasteiger charge is 2.23. The lowest BCUT2D eigenvalue weighted by atomic mass is 10.1. The van der Waals surface area contributed by atoms with E-state index >= 15 is 0 Å². The summed E-state index contributed by atoms with van der Waals surface area (Å²) in [6.07, 6.45) is 2.84. The van der Waals surface area contributed by atoms with Crippen molar-refractivity contribution in [3.8, 4) is 11.4 Å². The van der Waals surface area contributed by atoms with Gasteiger partial charge in [0.2, 0.25) is 5.95 Å². The quantitative estimate of drug-likeness (QED) is 0.366. The number of imidazole rings is 1. The Morgan fingerprint density at radius 1 is 1.03 bits per heavy atom. The van der Waals surface area contributed by atoms with Crippen molar-refractivity contribution < 1.29 is 0 Å². The fourth-order valence-electron chi connectivity index (χ4n) is 3.99. The molecule has 2 N–H and O–H groups in total. The summed E-state index contributed by atoms with van der Waals surface area (Å²) in [5.74, 6) is 1.73. The number of benzene rings is 2. The molecule has 0 spiro atoms. The number of nitrogens with one attached hydrogen (secondary N) is 2. The number of rotatable bonds is 6. The first-order valence-electron chi connectivity index (χ1n) is 10.4. The lowest BCUT2D eigenvalue weighted by molar-refractivity contribution is 0.490. The monoisotopic (exact) mass is 486 g/mol. The average Bonchev–Trinajstić information content (AvgIpc) is 3.42. The van der Waals surface area contributed by atoms with Crippen molar-refractivity contribution in [2.75, 3.05) is 18.4 Å². The van der Waals surface area contributed by atoms with Gasteiger partial charge in [0.15, 0.2) is 5.65 Å². The van der Waals surface area contributed by atoms with E-state index < -0.39 is 0 Å². The van der Waals surface area contributed by atoms with E-state index in [4.69, 9.17) is 44.8 Å². The molecular formula is C23H21Cl3N6. The van der Waals surface area contributed by atoms with Crippen LogP contribution in [0.2, 0.25) is 15.1 Å². The topological polar surface area (TPSA) is 67.7 Å². The Balaban J connectivity index is 1.54. The van der Waals surface area contributed by atoms with Gasteiger partial charge in [0.1, 0.15) is 11.3 Å². The van der Waals surface area contributed by atoms with Crippen LogP contribution in [0.1, 0.15) is 12.0 Å². The van der Waals surface area contributed by atoms with Crippen LogP contribution >= 0.6 is 34.8 Å². The van der Waals surface area contributed by atoms with Gasteiger partial charge in [-0.05, 0) is 55.3 Å². The smallest absolute Gasteiger partial charge is 0.225 e. The highest BCUT2D eigenvalue weighted by Crippen LogP contribution is 2.36. The summed E-state index contributed by atoms with van der Waals surface area (Å²) in [7, 11) is 0. The molecule has 2 aromatic heterocycles. The number of halogens is 3. The maximum Gasteiger partial charge on any atom is 0.225 e. The highest BCUT2D eigenvalue weighted by atomic mass is 35.5. The molecule has 5 rings (SSSR count). The van der Waals surface area contributed by atoms with Crippen LogP contribution in [0.5, 0.6) is 0 Å². The lowest BCUT2D eigenvalue weighted by Crippen LogP contribution is -2.16. The Kier molecular flexibility index (Phi) is 6.20. The normalized spacial score (nSPS) is 16.0. The SMILES string of the molecule is Clc1ccc(CNc2ncc3nc(-c4c(Cl)cccc4Cl)n(CC4CCNC4)c3n2)cc1. The molecule has 0 saturated carbocycles. The summed E-state index contributed by atoms with van der Waals surface area (Å²) in [5.41, 5.74) is 3.28. The van der Waals surface area contributed by atoms with Crippen molar-refractivity contribution in [2.24, 2.45) is 5.92 Å². The number of hydrogen-bond donors (Lipinski definition) is 2. The molecule has 1 aliphatic rings. The van der Waals surface area contributed by atoms with Crippen LogP contribution in [0.3, 0.4) is 0 Å². The van der Waals surface area contributed by atoms with Gasteiger partial charge in [-0.1, -0.05) is 53.0 Å². The predicted octanol–water partition coefficient (Wildman–Crippen LogP) is 5.68. The minimum Gasteiger partial charge on any atom is -0.350 e. The summed E-state index contributed by atoms with van der Waals surface area (Å²) < 4.78 is 2.12. The first-order valence-corrected chi connectivity index (χ1v) is 11.6. The van der Waals surface area contributed by atoms with E-state index in [1.165, 1.54) is 0 Å². The van der Waals surface area contributed by atoms with Gasteiger partial charge in [0, 0.05) is 18.1 Å². The van der Waals surface area contributed by atoms with Crippen LogP contribution < -0.4 is 10.6 Å². The second-order valence-corrected chi connectivity index (χ2v) is 9.13. The van der Waals surface area contributed by atoms with Crippen molar-refractivity contribution in [1.29, 1.82) is 0 Å². The minimum atomic E-state index is 0.479. The van der Waals surface area contributed by atoms with Crippen LogP contribution in [-0.2, 0) is 13.1 Å². The summed E-state index contributed by atoms with van der Waals surface area (Å²) in [5, 5.41) is 8.56. The third-order valence-electron chi connectivity index (χ3n) is 5.64. The molecule has 32 heavy (non-hydrogen) atoms. The van der Waals surface area contributed by atoms with E-state index in [0.29, 0.717) is 44.8 Å². The molecule has 1 aliphatic heterocycles. The summed E-state index contributed by atoms with van der Waals surface area (Å²) in [4.78, 5) is 14.1. The molecule has 164 valence electrons. The Hall–Kier alpha value is -2.38. The number of anilines is 1. The van der Waals surface area contributed by atoms with Crippen LogP contribution in [0.15, 0.2) is 48.7 Å². The Morgan fingerprint density at radius 3 is 2.53 bits per heavy atom. The van der Waals surface area contributed by atoms with Gasteiger partial charge < -0.3 is 15.2 Å². The molecule has 1 atom stereocenters. The van der Waals surface area contributed by atoms with E-state index in [9.17, 15) is 0 Å². The van der Waals surface area contributed by atoms with E-state index in [0.717, 1.165) is 42.8 Å². The molecule has 0 radical (unpaired) electrons. The van der Waals surface area contributed by atoms with Crippen LogP contribution in [0, 0.1) is 5.92 Å². The predicted molar refractivity (Wildman–Crippen MR) is 131 cm³/mol. The fraction of sp³-hybridized carbons (Fsp3) is 0.261. The van der Waals surface area contributed by atoms with Crippen molar-refractivity contribution in [2.45, 2.75) is 19.5 Å². The lowest BCUT2D eigenvalue weighted by Gasteiger charge is -2.15. The molecule has 1 saturated heterocycles. The number of hydrogen-bond acceptors (Lipinski definition) is 5. The van der Waals surface area contributed by atoms with Gasteiger partial charge in [-0.2, -0.15) is 4.98 Å². The number of fused-ring (bicyclic) bond motifs is 1. The fourth-order valence-corrected chi connectivity index (χ4v) is 4.68. The zero-order valence-electron chi connectivity index (χ0n) is 17.2. The maximum absolute atomic E-state index is 6.53. The van der Waals surface area contributed by atoms with E-state index in [-0.39, 0.29) is 0 Å². The second kappa shape index (κ2) is 9.24. The van der Waals surface area contributed by atoms with Crippen LogP contribution in [0.4, 0.5) is 5.95 Å². The molecule has 6 nitrogen and oxygen atoms in total. The minimum absolute atomic E-state index is 0.479. The Labute approximate surface area is 200 Å². The standard InChI is InChI=1S/C23H21Cl3N6/c24-16-6-4-14(5-7-16)11-28-23-29-12-19-21(31-23)32(13-15-8-9-27-10-15)22(30-19)20-17(25)2-1-3-18(20)26/h1-7,12,15,27H,8-11,13H2,(H,28,29,31). The molecule has 0 amide bonds.